The molecule has 0 spiro atoms. The molecule has 2 aromatic rings. The first kappa shape index (κ1) is 23.0. The molecule has 29 heavy (non-hydrogen) atoms. The standard InChI is InChI=1S/C24H32N2O2S/c1-4-22(24(28)25-19(2)3)26(16-15-20-11-7-5-8-12-20)23(27)18-29-17-21-13-9-6-10-14-21/h5-14,19,22H,4,15-18H2,1-3H3,(H,25,28)/t22-/m1/s1. The van der Waals surface area contributed by atoms with Gasteiger partial charge >= 0.3 is 0 Å². The van der Waals surface area contributed by atoms with Crippen molar-refractivity contribution in [1.82, 2.24) is 10.2 Å². The van der Waals surface area contributed by atoms with E-state index in [4.69, 9.17) is 0 Å². The van der Waals surface area contributed by atoms with Crippen molar-refractivity contribution in [3.63, 3.8) is 0 Å². The fourth-order valence-electron chi connectivity index (χ4n) is 3.19. The van der Waals surface area contributed by atoms with Crippen molar-refractivity contribution in [2.75, 3.05) is 12.3 Å². The Hall–Kier alpha value is -2.27. The van der Waals surface area contributed by atoms with Crippen LogP contribution in [0.4, 0.5) is 0 Å². The number of amides is 2. The zero-order valence-electron chi connectivity index (χ0n) is 17.6. The van der Waals surface area contributed by atoms with Crippen LogP contribution in [0.1, 0.15) is 38.3 Å². The van der Waals surface area contributed by atoms with E-state index >= 15 is 0 Å². The van der Waals surface area contributed by atoms with E-state index in [1.165, 1.54) is 11.1 Å². The van der Waals surface area contributed by atoms with Gasteiger partial charge in [0.1, 0.15) is 6.04 Å². The zero-order chi connectivity index (χ0) is 21.1. The summed E-state index contributed by atoms with van der Waals surface area (Å²) in [5, 5.41) is 2.97. The van der Waals surface area contributed by atoms with Crippen molar-refractivity contribution in [1.29, 1.82) is 0 Å². The Kier molecular flexibility index (Phi) is 9.78. The van der Waals surface area contributed by atoms with Gasteiger partial charge in [0.15, 0.2) is 0 Å². The summed E-state index contributed by atoms with van der Waals surface area (Å²) in [7, 11) is 0. The van der Waals surface area contributed by atoms with Crippen LogP contribution in [0.2, 0.25) is 0 Å². The molecule has 1 atom stereocenters. The van der Waals surface area contributed by atoms with Gasteiger partial charge in [-0.05, 0) is 37.8 Å². The number of benzene rings is 2. The fraction of sp³-hybridized carbons (Fsp3) is 0.417. The van der Waals surface area contributed by atoms with Crippen LogP contribution in [0.5, 0.6) is 0 Å². The van der Waals surface area contributed by atoms with Crippen LogP contribution >= 0.6 is 11.8 Å². The third-order valence-electron chi connectivity index (χ3n) is 4.64. The summed E-state index contributed by atoms with van der Waals surface area (Å²) < 4.78 is 0. The number of hydrogen-bond acceptors (Lipinski definition) is 3. The molecule has 1 N–H and O–H groups in total. The number of thioether (sulfide) groups is 1. The highest BCUT2D eigenvalue weighted by atomic mass is 32.2. The van der Waals surface area contributed by atoms with Gasteiger partial charge in [0, 0.05) is 18.3 Å². The van der Waals surface area contributed by atoms with E-state index in [2.05, 4.69) is 29.6 Å². The number of hydrogen-bond donors (Lipinski definition) is 1. The molecule has 0 aliphatic heterocycles. The van der Waals surface area contributed by atoms with Crippen LogP contribution < -0.4 is 5.32 Å². The quantitative estimate of drug-likeness (QED) is 0.599. The largest absolute Gasteiger partial charge is 0.352 e. The van der Waals surface area contributed by atoms with E-state index in [0.717, 1.165) is 12.2 Å². The minimum atomic E-state index is -0.439. The van der Waals surface area contributed by atoms with Crippen molar-refractivity contribution in [3.05, 3.63) is 71.8 Å². The van der Waals surface area contributed by atoms with Crippen molar-refractivity contribution in [2.24, 2.45) is 0 Å². The summed E-state index contributed by atoms with van der Waals surface area (Å²) in [6.07, 6.45) is 1.34. The van der Waals surface area contributed by atoms with Gasteiger partial charge in [0.2, 0.25) is 11.8 Å². The average Bonchev–Trinajstić information content (AvgIpc) is 2.72. The molecule has 0 aliphatic rings. The molecule has 5 heteroatoms. The number of nitrogens with zero attached hydrogens (tertiary/aromatic N) is 1. The first-order chi connectivity index (χ1) is 14.0. The fourth-order valence-corrected chi connectivity index (χ4v) is 4.06. The molecule has 2 rings (SSSR count). The molecular weight excluding hydrogens is 380 g/mol. The van der Waals surface area contributed by atoms with Gasteiger partial charge in [-0.1, -0.05) is 67.6 Å². The van der Waals surface area contributed by atoms with E-state index in [-0.39, 0.29) is 17.9 Å². The van der Waals surface area contributed by atoms with Gasteiger partial charge in [-0.3, -0.25) is 9.59 Å². The SMILES string of the molecule is CC[C@H](C(=O)NC(C)C)N(CCc1ccccc1)C(=O)CSCc1ccccc1. The highest BCUT2D eigenvalue weighted by Crippen LogP contribution is 2.15. The second kappa shape index (κ2) is 12.3. The minimum Gasteiger partial charge on any atom is -0.352 e. The molecular formula is C24H32N2O2S. The molecule has 0 fully saturated rings. The molecule has 0 aromatic heterocycles. The summed E-state index contributed by atoms with van der Waals surface area (Å²) in [5.41, 5.74) is 2.37. The van der Waals surface area contributed by atoms with Gasteiger partial charge in [-0.2, -0.15) is 0 Å². The molecule has 0 unspecified atom stereocenters. The second-order valence-electron chi connectivity index (χ2n) is 7.39. The normalized spacial score (nSPS) is 11.9. The highest BCUT2D eigenvalue weighted by molar-refractivity contribution is 7.99. The lowest BCUT2D eigenvalue weighted by atomic mass is 10.1. The van der Waals surface area contributed by atoms with E-state index < -0.39 is 6.04 Å². The number of carbonyl (C=O) groups is 2. The maximum absolute atomic E-state index is 13.1. The van der Waals surface area contributed by atoms with E-state index in [1.807, 2.05) is 57.2 Å². The maximum Gasteiger partial charge on any atom is 0.242 e. The summed E-state index contributed by atoms with van der Waals surface area (Å²) >= 11 is 1.60. The first-order valence-corrected chi connectivity index (χ1v) is 11.4. The Morgan fingerprint density at radius 3 is 2.10 bits per heavy atom. The molecule has 2 amide bonds. The lowest BCUT2D eigenvalue weighted by Gasteiger charge is -2.31. The predicted octanol–water partition coefficient (Wildman–Crippen LogP) is 4.29. The van der Waals surface area contributed by atoms with Crippen LogP contribution in [-0.4, -0.2) is 41.1 Å². The topological polar surface area (TPSA) is 49.4 Å². The van der Waals surface area contributed by atoms with Crippen molar-refractivity contribution in [2.45, 2.75) is 51.4 Å². The van der Waals surface area contributed by atoms with Crippen LogP contribution in [0, 0.1) is 0 Å². The summed E-state index contributed by atoms with van der Waals surface area (Å²) in [5.74, 6) is 1.10. The Morgan fingerprint density at radius 2 is 1.55 bits per heavy atom. The molecule has 4 nitrogen and oxygen atoms in total. The second-order valence-corrected chi connectivity index (χ2v) is 8.37. The van der Waals surface area contributed by atoms with Crippen LogP contribution in [0.15, 0.2) is 60.7 Å². The summed E-state index contributed by atoms with van der Waals surface area (Å²) in [6.45, 7) is 6.39. The van der Waals surface area contributed by atoms with Gasteiger partial charge in [-0.15, -0.1) is 11.8 Å². The van der Waals surface area contributed by atoms with Crippen molar-refractivity contribution < 1.29 is 9.59 Å². The van der Waals surface area contributed by atoms with E-state index in [9.17, 15) is 9.59 Å². The molecule has 0 aliphatic carbocycles. The van der Waals surface area contributed by atoms with E-state index in [0.29, 0.717) is 18.7 Å². The van der Waals surface area contributed by atoms with Crippen molar-refractivity contribution in [3.8, 4) is 0 Å². The van der Waals surface area contributed by atoms with Crippen LogP contribution in [0.3, 0.4) is 0 Å². The number of rotatable bonds is 11. The third-order valence-corrected chi connectivity index (χ3v) is 5.63. The minimum absolute atomic E-state index is 0.0209. The third kappa shape index (κ3) is 7.94. The van der Waals surface area contributed by atoms with Gasteiger partial charge in [0.05, 0.1) is 5.75 Å². The average molecular weight is 413 g/mol. The Morgan fingerprint density at radius 1 is 0.966 bits per heavy atom. The first-order valence-electron chi connectivity index (χ1n) is 10.3. The summed E-state index contributed by atoms with van der Waals surface area (Å²) in [6, 6.07) is 19.8. The Balaban J connectivity index is 2.04. The van der Waals surface area contributed by atoms with Gasteiger partial charge in [0.25, 0.3) is 0 Å². The predicted molar refractivity (Wildman–Crippen MR) is 122 cm³/mol. The molecule has 0 saturated heterocycles. The molecule has 0 bridgehead atoms. The number of nitrogens with one attached hydrogen (secondary N) is 1. The molecule has 0 heterocycles. The Bertz CT molecular complexity index is 750. The highest BCUT2D eigenvalue weighted by Gasteiger charge is 2.28. The lowest BCUT2D eigenvalue weighted by molar-refractivity contribution is -0.139. The van der Waals surface area contributed by atoms with Gasteiger partial charge < -0.3 is 10.2 Å². The molecule has 156 valence electrons. The smallest absolute Gasteiger partial charge is 0.242 e. The van der Waals surface area contributed by atoms with Gasteiger partial charge in [-0.25, -0.2) is 0 Å². The molecule has 2 aromatic carbocycles. The van der Waals surface area contributed by atoms with Crippen LogP contribution in [-0.2, 0) is 21.8 Å². The van der Waals surface area contributed by atoms with E-state index in [1.54, 1.807) is 16.7 Å². The Labute approximate surface area is 179 Å². The lowest BCUT2D eigenvalue weighted by Crippen LogP contribution is -2.51. The monoisotopic (exact) mass is 412 g/mol. The van der Waals surface area contributed by atoms with Crippen molar-refractivity contribution >= 4 is 23.6 Å². The van der Waals surface area contributed by atoms with Crippen LogP contribution in [0.25, 0.3) is 0 Å². The number of carbonyl (C=O) groups excluding carboxylic acids is 2. The molecule has 0 radical (unpaired) electrons. The maximum atomic E-state index is 13.1. The zero-order valence-corrected chi connectivity index (χ0v) is 18.5. The molecule has 0 saturated carbocycles. The summed E-state index contributed by atoms with van der Waals surface area (Å²) in [4.78, 5) is 27.6.